The van der Waals surface area contributed by atoms with Crippen LogP contribution in [0.4, 0.5) is 5.69 Å². The molecule has 0 spiro atoms. The van der Waals surface area contributed by atoms with E-state index >= 15 is 0 Å². The van der Waals surface area contributed by atoms with Crippen LogP contribution in [0, 0.1) is 11.3 Å². The van der Waals surface area contributed by atoms with E-state index in [0.717, 1.165) is 33.8 Å². The number of aromatic nitrogens is 1. The van der Waals surface area contributed by atoms with E-state index in [4.69, 9.17) is 0 Å². The fraction of sp³-hybridized carbons (Fsp3) is 0.167. The predicted molar refractivity (Wildman–Crippen MR) is 98.4 cm³/mol. The fourth-order valence-corrected chi connectivity index (χ4v) is 3.85. The number of benzene rings is 2. The summed E-state index contributed by atoms with van der Waals surface area (Å²) in [4.78, 5) is 13.2. The van der Waals surface area contributed by atoms with Crippen molar-refractivity contribution in [2.24, 2.45) is 0 Å². The molecule has 0 aliphatic heterocycles. The maximum absolute atomic E-state index is 12.6. The van der Waals surface area contributed by atoms with Crippen LogP contribution in [0.25, 0.3) is 10.9 Å². The molecule has 1 N–H and O–H groups in total. The van der Waals surface area contributed by atoms with Crippen LogP contribution in [0.15, 0.2) is 40.9 Å². The van der Waals surface area contributed by atoms with Crippen LogP contribution < -0.4 is 5.32 Å². The molecule has 1 aliphatic carbocycles. The molecule has 1 fully saturated rings. The summed E-state index contributed by atoms with van der Waals surface area (Å²) in [6, 6.07) is 13.5. The van der Waals surface area contributed by atoms with Gasteiger partial charge in [0.25, 0.3) is 5.91 Å². The van der Waals surface area contributed by atoms with E-state index in [-0.39, 0.29) is 5.91 Å². The van der Waals surface area contributed by atoms with Crippen LogP contribution in [0.1, 0.15) is 39.6 Å². The van der Waals surface area contributed by atoms with Crippen LogP contribution in [0.3, 0.4) is 0 Å². The lowest BCUT2D eigenvalue weighted by atomic mass is 10.0. The zero-order chi connectivity index (χ0) is 16.7. The van der Waals surface area contributed by atoms with Crippen molar-refractivity contribution in [3.8, 4) is 6.07 Å². The number of halogens is 1. The fourth-order valence-electron chi connectivity index (χ4n) is 2.75. The summed E-state index contributed by atoms with van der Waals surface area (Å²) in [5.74, 6) is 0.302. The highest BCUT2D eigenvalue weighted by Crippen LogP contribution is 2.42. The van der Waals surface area contributed by atoms with E-state index in [1.54, 1.807) is 6.07 Å². The van der Waals surface area contributed by atoms with Crippen LogP contribution in [0.2, 0.25) is 0 Å². The molecule has 4 nitrogen and oxygen atoms in total. The molecule has 1 aliphatic rings. The second-order valence-corrected chi connectivity index (χ2v) is 7.50. The van der Waals surface area contributed by atoms with Crippen LogP contribution in [-0.4, -0.2) is 10.3 Å². The van der Waals surface area contributed by atoms with Crippen molar-refractivity contribution < 1.29 is 4.79 Å². The molecular weight excluding hydrogens is 386 g/mol. The third-order valence-corrected chi connectivity index (χ3v) is 5.46. The van der Waals surface area contributed by atoms with Crippen molar-refractivity contribution in [3.05, 3.63) is 56.9 Å². The van der Waals surface area contributed by atoms with Crippen molar-refractivity contribution in [1.29, 1.82) is 5.26 Å². The number of hydrogen-bond acceptors (Lipinski definition) is 4. The molecule has 1 amide bonds. The van der Waals surface area contributed by atoms with Crippen LogP contribution >= 0.6 is 27.5 Å². The minimum absolute atomic E-state index is 0.205. The highest BCUT2D eigenvalue weighted by atomic mass is 79.9. The number of hydrogen-bond donors (Lipinski definition) is 1. The first-order valence-corrected chi connectivity index (χ1v) is 9.12. The van der Waals surface area contributed by atoms with Crippen molar-refractivity contribution in [2.75, 3.05) is 5.32 Å². The predicted octanol–water partition coefficient (Wildman–Crippen LogP) is 5.06. The molecule has 0 radical (unpaired) electrons. The van der Waals surface area contributed by atoms with E-state index < -0.39 is 0 Å². The molecule has 1 heterocycles. The summed E-state index contributed by atoms with van der Waals surface area (Å²) in [5, 5.41) is 13.0. The summed E-state index contributed by atoms with van der Waals surface area (Å²) in [5.41, 5.74) is 3.17. The Bertz CT molecular complexity index is 1000. The summed E-state index contributed by atoms with van der Waals surface area (Å²) < 4.78 is 5.22. The number of nitrogens with one attached hydrogen (secondary N) is 1. The Morgan fingerprint density at radius 1 is 1.29 bits per heavy atom. The van der Waals surface area contributed by atoms with Gasteiger partial charge in [0.15, 0.2) is 0 Å². The largest absolute Gasteiger partial charge is 0.321 e. The van der Waals surface area contributed by atoms with Gasteiger partial charge in [0.1, 0.15) is 4.88 Å². The zero-order valence-corrected chi connectivity index (χ0v) is 14.9. The maximum Gasteiger partial charge on any atom is 0.268 e. The number of carbonyl (C=O) groups is 1. The van der Waals surface area contributed by atoms with Crippen LogP contribution in [-0.2, 0) is 0 Å². The number of fused-ring (bicyclic) bond motifs is 1. The van der Waals surface area contributed by atoms with Gasteiger partial charge in [0, 0.05) is 15.5 Å². The molecule has 6 heteroatoms. The Morgan fingerprint density at radius 2 is 2.12 bits per heavy atom. The van der Waals surface area contributed by atoms with Crippen molar-refractivity contribution >= 4 is 50.0 Å². The van der Waals surface area contributed by atoms with Gasteiger partial charge in [-0.05, 0) is 66.2 Å². The normalized spacial score (nSPS) is 13.7. The van der Waals surface area contributed by atoms with Gasteiger partial charge < -0.3 is 5.32 Å². The second-order valence-electron chi connectivity index (χ2n) is 5.82. The molecule has 0 unspecified atom stereocenters. The molecule has 0 atom stereocenters. The molecule has 2 aromatic carbocycles. The average molecular weight is 398 g/mol. The number of amides is 1. The smallest absolute Gasteiger partial charge is 0.268 e. The molecule has 1 aromatic heterocycles. The number of nitriles is 1. The molecule has 4 rings (SSSR count). The topological polar surface area (TPSA) is 65.8 Å². The summed E-state index contributed by atoms with van der Waals surface area (Å²) >= 11 is 4.60. The molecule has 1 saturated carbocycles. The van der Waals surface area contributed by atoms with Gasteiger partial charge in [-0.25, -0.2) is 0 Å². The van der Waals surface area contributed by atoms with Crippen molar-refractivity contribution in [1.82, 2.24) is 4.37 Å². The lowest BCUT2D eigenvalue weighted by Crippen LogP contribution is -2.11. The molecule has 0 saturated heterocycles. The van der Waals surface area contributed by atoms with E-state index in [2.05, 4.69) is 31.7 Å². The van der Waals surface area contributed by atoms with Gasteiger partial charge in [-0.1, -0.05) is 22.0 Å². The van der Waals surface area contributed by atoms with Gasteiger partial charge >= 0.3 is 0 Å². The summed E-state index contributed by atoms with van der Waals surface area (Å²) in [6.07, 6.45) is 2.28. The average Bonchev–Trinajstić information content (AvgIpc) is 3.34. The molecule has 24 heavy (non-hydrogen) atoms. The van der Waals surface area contributed by atoms with Gasteiger partial charge in [-0.15, -0.1) is 0 Å². The quantitative estimate of drug-likeness (QED) is 0.671. The monoisotopic (exact) mass is 397 g/mol. The number of nitrogens with zero attached hydrogens (tertiary/aromatic N) is 2. The SMILES string of the molecule is N#Cc1cc(NC(=O)c2snc3ccc(Br)cc23)ccc1C1CC1. The van der Waals surface area contributed by atoms with E-state index in [1.165, 1.54) is 11.5 Å². The number of rotatable bonds is 3. The Morgan fingerprint density at radius 3 is 2.88 bits per heavy atom. The van der Waals surface area contributed by atoms with Crippen molar-refractivity contribution in [3.63, 3.8) is 0 Å². The maximum atomic E-state index is 12.6. The first-order valence-electron chi connectivity index (χ1n) is 7.56. The minimum Gasteiger partial charge on any atom is -0.321 e. The summed E-state index contributed by atoms with van der Waals surface area (Å²) in [7, 11) is 0. The minimum atomic E-state index is -0.205. The Labute approximate surface area is 151 Å². The van der Waals surface area contributed by atoms with E-state index in [0.29, 0.717) is 22.0 Å². The van der Waals surface area contributed by atoms with Gasteiger partial charge in [0.2, 0.25) is 0 Å². The summed E-state index contributed by atoms with van der Waals surface area (Å²) in [6.45, 7) is 0. The first kappa shape index (κ1) is 15.3. The number of carbonyl (C=O) groups excluding carboxylic acids is 1. The highest BCUT2D eigenvalue weighted by Gasteiger charge is 2.26. The zero-order valence-electron chi connectivity index (χ0n) is 12.5. The third kappa shape index (κ3) is 2.81. The Kier molecular flexibility index (Phi) is 3.83. The Hall–Kier alpha value is -2.23. The highest BCUT2D eigenvalue weighted by molar-refractivity contribution is 9.10. The van der Waals surface area contributed by atoms with Gasteiger partial charge in [0.05, 0.1) is 17.1 Å². The first-order chi connectivity index (χ1) is 11.7. The molecule has 0 bridgehead atoms. The van der Waals surface area contributed by atoms with E-state index in [1.807, 2.05) is 30.3 Å². The van der Waals surface area contributed by atoms with Crippen LogP contribution in [0.5, 0.6) is 0 Å². The number of anilines is 1. The second kappa shape index (κ2) is 6.00. The Balaban J connectivity index is 1.63. The van der Waals surface area contributed by atoms with Gasteiger partial charge in [-0.3, -0.25) is 4.79 Å². The lowest BCUT2D eigenvalue weighted by Gasteiger charge is -2.07. The third-order valence-electron chi connectivity index (χ3n) is 4.09. The molecular formula is C18H12BrN3OS. The molecule has 118 valence electrons. The molecule has 3 aromatic rings. The lowest BCUT2D eigenvalue weighted by molar-refractivity contribution is 0.103. The van der Waals surface area contributed by atoms with Gasteiger partial charge in [-0.2, -0.15) is 9.64 Å². The van der Waals surface area contributed by atoms with Crippen molar-refractivity contribution in [2.45, 2.75) is 18.8 Å². The standard InChI is InChI=1S/C18H12BrN3OS/c19-12-3-6-16-15(8-12)17(24-22-16)18(23)21-13-4-5-14(10-1-2-10)11(7-13)9-20/h3-8,10H,1-2H2,(H,21,23). The van der Waals surface area contributed by atoms with E-state index in [9.17, 15) is 10.1 Å².